The maximum Gasteiger partial charge on any atom is 0.321 e. The van der Waals surface area contributed by atoms with Gasteiger partial charge in [-0.3, -0.25) is 0 Å². The van der Waals surface area contributed by atoms with Gasteiger partial charge in [-0.2, -0.15) is 0 Å². The molecule has 2 aromatic carbocycles. The summed E-state index contributed by atoms with van der Waals surface area (Å²) >= 11 is 0. The van der Waals surface area contributed by atoms with Crippen molar-refractivity contribution in [1.29, 1.82) is 0 Å². The van der Waals surface area contributed by atoms with Crippen LogP contribution in [0.3, 0.4) is 0 Å². The highest BCUT2D eigenvalue weighted by Gasteiger charge is 2.24. The van der Waals surface area contributed by atoms with Gasteiger partial charge < -0.3 is 25.2 Å². The Kier molecular flexibility index (Phi) is 7.26. The number of rotatable bonds is 6. The van der Waals surface area contributed by atoms with Gasteiger partial charge in [-0.1, -0.05) is 17.7 Å². The van der Waals surface area contributed by atoms with Crippen molar-refractivity contribution in [3.63, 3.8) is 0 Å². The Bertz CT molecular complexity index is 1430. The quantitative estimate of drug-likeness (QED) is 0.352. The molecule has 38 heavy (non-hydrogen) atoms. The minimum absolute atomic E-state index is 0.0651. The number of carbonyl (C=O) groups is 1. The molecular weight excluding hydrogens is 478 g/mol. The van der Waals surface area contributed by atoms with Crippen molar-refractivity contribution in [2.24, 2.45) is 0 Å². The first-order valence-electron chi connectivity index (χ1n) is 12.8. The van der Waals surface area contributed by atoms with Crippen LogP contribution >= 0.6 is 0 Å². The molecule has 2 aromatic heterocycles. The number of aromatic nitrogens is 3. The third kappa shape index (κ3) is 5.77. The van der Waals surface area contributed by atoms with Crippen LogP contribution in [0.25, 0.3) is 10.9 Å². The largest absolute Gasteiger partial charge is 0.490 e. The van der Waals surface area contributed by atoms with Gasteiger partial charge in [0.25, 0.3) is 0 Å². The van der Waals surface area contributed by atoms with Crippen molar-refractivity contribution < 1.29 is 9.53 Å². The lowest BCUT2D eigenvalue weighted by atomic mass is 10.1. The molecule has 0 saturated carbocycles. The Morgan fingerprint density at radius 1 is 0.974 bits per heavy atom. The van der Waals surface area contributed by atoms with Gasteiger partial charge in [-0.25, -0.2) is 19.7 Å². The van der Waals surface area contributed by atoms with E-state index in [0.29, 0.717) is 13.1 Å². The number of hydrogen-bond donors (Lipinski definition) is 2. The molecule has 9 heteroatoms. The lowest BCUT2D eigenvalue weighted by Crippen LogP contribution is -2.43. The number of nitrogens with zero attached hydrogens (tertiary/aromatic N) is 5. The maximum atomic E-state index is 12.6. The average molecular weight is 512 g/mol. The highest BCUT2D eigenvalue weighted by molar-refractivity contribution is 5.92. The van der Waals surface area contributed by atoms with Gasteiger partial charge in [0.15, 0.2) is 0 Å². The van der Waals surface area contributed by atoms with Crippen LogP contribution in [-0.4, -0.2) is 59.2 Å². The van der Waals surface area contributed by atoms with E-state index in [1.165, 1.54) is 5.56 Å². The number of pyridine rings is 1. The molecule has 1 aliphatic heterocycles. The normalized spacial score (nSPS) is 13.8. The van der Waals surface area contributed by atoms with E-state index in [9.17, 15) is 4.79 Å². The molecular formula is C29H33N7O2. The first-order valence-corrected chi connectivity index (χ1v) is 12.8. The van der Waals surface area contributed by atoms with Crippen molar-refractivity contribution in [2.45, 2.75) is 32.8 Å². The lowest BCUT2D eigenvalue weighted by molar-refractivity contribution is 0.115. The fourth-order valence-electron chi connectivity index (χ4n) is 4.48. The number of benzene rings is 2. The average Bonchev–Trinajstić information content (AvgIpc) is 2.92. The third-order valence-electron chi connectivity index (χ3n) is 6.73. The van der Waals surface area contributed by atoms with Crippen molar-refractivity contribution in [2.75, 3.05) is 42.7 Å². The second kappa shape index (κ2) is 10.9. The number of hydrogen-bond acceptors (Lipinski definition) is 7. The minimum atomic E-state index is -0.0651. The zero-order chi connectivity index (χ0) is 26.6. The zero-order valence-corrected chi connectivity index (χ0v) is 22.2. The number of amides is 2. The Balaban J connectivity index is 1.19. The number of likely N-dealkylation sites (tertiary alicyclic amines) is 1. The van der Waals surface area contributed by atoms with Gasteiger partial charge in [0.1, 0.15) is 29.8 Å². The summed E-state index contributed by atoms with van der Waals surface area (Å²) in [5.74, 6) is 2.42. The molecule has 0 bridgehead atoms. The summed E-state index contributed by atoms with van der Waals surface area (Å²) in [5, 5.41) is 7.31. The van der Waals surface area contributed by atoms with Crippen LogP contribution < -0.4 is 20.3 Å². The predicted octanol–water partition coefficient (Wildman–Crippen LogP) is 5.53. The molecule has 0 radical (unpaired) electrons. The maximum absolute atomic E-state index is 12.6. The molecule has 1 aliphatic rings. The van der Waals surface area contributed by atoms with Crippen molar-refractivity contribution in [3.8, 4) is 5.75 Å². The summed E-state index contributed by atoms with van der Waals surface area (Å²) < 4.78 is 6.34. The van der Waals surface area contributed by atoms with E-state index in [1.54, 1.807) is 12.5 Å². The summed E-state index contributed by atoms with van der Waals surface area (Å²) in [4.78, 5) is 29.7. The Morgan fingerprint density at radius 2 is 1.71 bits per heavy atom. The highest BCUT2D eigenvalue weighted by Crippen LogP contribution is 2.29. The Hall–Kier alpha value is -4.40. The molecule has 1 fully saturated rings. The summed E-state index contributed by atoms with van der Waals surface area (Å²) in [6.07, 6.45) is 4.95. The van der Waals surface area contributed by atoms with Crippen LogP contribution in [0.5, 0.6) is 5.75 Å². The SMILES string of the molecule is Cc1ccc(NC(=O)N2CCC(Oc3ccc(Nc4ncnc5cnc(N(C)C)cc45)cc3C)CC2)cc1. The molecule has 1 saturated heterocycles. The van der Waals surface area contributed by atoms with E-state index in [0.717, 1.165) is 58.1 Å². The van der Waals surface area contributed by atoms with E-state index in [2.05, 4.69) is 31.7 Å². The van der Waals surface area contributed by atoms with E-state index in [-0.39, 0.29) is 12.1 Å². The van der Waals surface area contributed by atoms with Gasteiger partial charge in [0.2, 0.25) is 0 Å². The number of piperidine rings is 1. The number of fused-ring (bicyclic) bond motifs is 1. The monoisotopic (exact) mass is 511 g/mol. The predicted molar refractivity (Wildman–Crippen MR) is 152 cm³/mol. The molecule has 3 heterocycles. The first-order chi connectivity index (χ1) is 18.4. The van der Waals surface area contributed by atoms with Gasteiger partial charge in [0, 0.05) is 56.8 Å². The second-order valence-electron chi connectivity index (χ2n) is 9.88. The summed E-state index contributed by atoms with van der Waals surface area (Å²) in [6.45, 7) is 5.38. The molecule has 0 atom stereocenters. The Labute approximate surface area is 222 Å². The second-order valence-corrected chi connectivity index (χ2v) is 9.88. The van der Waals surface area contributed by atoms with Crippen LogP contribution in [0.4, 0.5) is 27.8 Å². The topological polar surface area (TPSA) is 95.5 Å². The summed E-state index contributed by atoms with van der Waals surface area (Å²) in [7, 11) is 3.91. The molecule has 196 valence electrons. The lowest BCUT2D eigenvalue weighted by Gasteiger charge is -2.32. The Morgan fingerprint density at radius 3 is 2.42 bits per heavy atom. The molecule has 4 aromatic rings. The van der Waals surface area contributed by atoms with E-state index in [4.69, 9.17) is 4.74 Å². The van der Waals surface area contributed by atoms with Crippen LogP contribution in [-0.2, 0) is 0 Å². The van der Waals surface area contributed by atoms with Crippen LogP contribution in [0, 0.1) is 13.8 Å². The molecule has 0 aliphatic carbocycles. The van der Waals surface area contributed by atoms with E-state index < -0.39 is 0 Å². The number of urea groups is 1. The van der Waals surface area contributed by atoms with Gasteiger partial charge >= 0.3 is 6.03 Å². The van der Waals surface area contributed by atoms with Crippen LogP contribution in [0.15, 0.2) is 61.1 Å². The van der Waals surface area contributed by atoms with Crippen molar-refractivity contribution in [3.05, 3.63) is 72.2 Å². The number of aryl methyl sites for hydroxylation is 2. The minimum Gasteiger partial charge on any atom is -0.490 e. The van der Waals surface area contributed by atoms with E-state index in [1.807, 2.05) is 80.2 Å². The fourth-order valence-corrected chi connectivity index (χ4v) is 4.48. The number of carbonyl (C=O) groups excluding carboxylic acids is 1. The standard InChI is InChI=1S/C29H33N7O2/c1-19-5-7-21(8-6-19)34-29(37)36-13-11-23(12-14-36)38-26-10-9-22(15-20(26)2)33-28-24-16-27(35(3)4)30-17-25(24)31-18-32-28/h5-10,15-18,23H,11-14H2,1-4H3,(H,34,37)(H,31,32,33). The number of anilines is 4. The third-order valence-corrected chi connectivity index (χ3v) is 6.73. The van der Waals surface area contributed by atoms with Crippen LogP contribution in [0.1, 0.15) is 24.0 Å². The zero-order valence-electron chi connectivity index (χ0n) is 22.2. The molecule has 0 spiro atoms. The molecule has 2 amide bonds. The van der Waals surface area contributed by atoms with Gasteiger partial charge in [0.05, 0.1) is 11.7 Å². The molecule has 0 unspecified atom stereocenters. The number of nitrogens with one attached hydrogen (secondary N) is 2. The smallest absolute Gasteiger partial charge is 0.321 e. The van der Waals surface area contributed by atoms with Gasteiger partial charge in [-0.15, -0.1) is 0 Å². The van der Waals surface area contributed by atoms with Crippen molar-refractivity contribution >= 4 is 39.9 Å². The summed E-state index contributed by atoms with van der Waals surface area (Å²) in [5.41, 5.74) is 4.71. The first kappa shape index (κ1) is 25.3. The highest BCUT2D eigenvalue weighted by atomic mass is 16.5. The molecule has 2 N–H and O–H groups in total. The van der Waals surface area contributed by atoms with Gasteiger partial charge in [-0.05, 0) is 55.8 Å². The molecule has 9 nitrogen and oxygen atoms in total. The van der Waals surface area contributed by atoms with Crippen molar-refractivity contribution in [1.82, 2.24) is 19.9 Å². The summed E-state index contributed by atoms with van der Waals surface area (Å²) in [6, 6.07) is 15.8. The van der Waals surface area contributed by atoms with E-state index >= 15 is 0 Å². The van der Waals surface area contributed by atoms with Crippen LogP contribution in [0.2, 0.25) is 0 Å². The molecule has 5 rings (SSSR count). The fraction of sp³-hybridized carbons (Fsp3) is 0.310. The number of ether oxygens (including phenoxy) is 1.